The molecule has 28 heavy (non-hydrogen) atoms. The summed E-state index contributed by atoms with van der Waals surface area (Å²) in [5.41, 5.74) is 2.01. The van der Waals surface area contributed by atoms with Crippen LogP contribution in [0.1, 0.15) is 41.7 Å². The molecule has 0 aliphatic carbocycles. The molecular weight excluding hydrogens is 357 g/mol. The van der Waals surface area contributed by atoms with E-state index < -0.39 is 0 Å². The summed E-state index contributed by atoms with van der Waals surface area (Å²) < 4.78 is 13.0. The first kappa shape index (κ1) is 18.2. The van der Waals surface area contributed by atoms with Gasteiger partial charge in [-0.1, -0.05) is 42.5 Å². The second kappa shape index (κ2) is 8.21. The van der Waals surface area contributed by atoms with Gasteiger partial charge in [0.25, 0.3) is 0 Å². The maximum absolute atomic E-state index is 13.0. The van der Waals surface area contributed by atoms with E-state index in [4.69, 9.17) is 0 Å². The van der Waals surface area contributed by atoms with Crippen LogP contribution >= 0.6 is 0 Å². The van der Waals surface area contributed by atoms with Crippen molar-refractivity contribution in [1.82, 2.24) is 25.4 Å². The Morgan fingerprint density at radius 1 is 1.14 bits per heavy atom. The van der Waals surface area contributed by atoms with Crippen LogP contribution in [0.3, 0.4) is 0 Å². The molecule has 1 aliphatic heterocycles. The predicted molar refractivity (Wildman–Crippen MR) is 103 cm³/mol. The van der Waals surface area contributed by atoms with Crippen molar-refractivity contribution in [1.29, 1.82) is 0 Å². The topological polar surface area (TPSA) is 73.9 Å². The number of hydrogen-bond acceptors (Lipinski definition) is 3. The highest BCUT2D eigenvalue weighted by Crippen LogP contribution is 2.29. The van der Waals surface area contributed by atoms with Crippen molar-refractivity contribution in [2.45, 2.75) is 31.8 Å². The van der Waals surface area contributed by atoms with Crippen molar-refractivity contribution in [3.05, 3.63) is 83.2 Å². The lowest BCUT2D eigenvalue weighted by Crippen LogP contribution is -2.39. The van der Waals surface area contributed by atoms with Gasteiger partial charge in [-0.3, -0.25) is 5.10 Å². The molecule has 0 radical (unpaired) electrons. The molecule has 2 N–H and O–H groups in total. The monoisotopic (exact) mass is 379 g/mol. The van der Waals surface area contributed by atoms with Gasteiger partial charge in [-0.25, -0.2) is 14.2 Å². The number of aromatic amines is 1. The van der Waals surface area contributed by atoms with E-state index in [1.54, 1.807) is 17.0 Å². The fraction of sp³-hybridized carbons (Fsp3) is 0.286. The molecule has 1 unspecified atom stereocenters. The molecular formula is C21H22FN5O. The molecule has 0 saturated carbocycles. The van der Waals surface area contributed by atoms with Crippen LogP contribution in [0.2, 0.25) is 0 Å². The quantitative estimate of drug-likeness (QED) is 0.712. The van der Waals surface area contributed by atoms with Gasteiger partial charge in [0.1, 0.15) is 11.6 Å². The van der Waals surface area contributed by atoms with Crippen LogP contribution < -0.4 is 5.32 Å². The number of halogens is 1. The average Bonchev–Trinajstić information content (AvgIpc) is 3.38. The molecule has 6 nitrogen and oxygen atoms in total. The van der Waals surface area contributed by atoms with Crippen LogP contribution in [0.4, 0.5) is 9.18 Å². The van der Waals surface area contributed by atoms with E-state index in [-0.39, 0.29) is 17.9 Å². The third-order valence-electron chi connectivity index (χ3n) is 4.93. The Labute approximate surface area is 162 Å². The number of amides is 2. The third-order valence-corrected chi connectivity index (χ3v) is 4.93. The molecule has 1 fully saturated rings. The van der Waals surface area contributed by atoms with Gasteiger partial charge >= 0.3 is 6.03 Å². The average molecular weight is 379 g/mol. The summed E-state index contributed by atoms with van der Waals surface area (Å²) in [5, 5.41) is 10.3. The normalized spacial score (nSPS) is 16.3. The second-order valence-electron chi connectivity index (χ2n) is 6.94. The predicted octanol–water partition coefficient (Wildman–Crippen LogP) is 3.58. The summed E-state index contributed by atoms with van der Waals surface area (Å²) in [7, 11) is 0. The zero-order chi connectivity index (χ0) is 19.3. The highest BCUT2D eigenvalue weighted by molar-refractivity contribution is 5.75. The lowest BCUT2D eigenvalue weighted by Gasteiger charge is -2.23. The number of aromatic nitrogens is 3. The Morgan fingerprint density at radius 2 is 1.93 bits per heavy atom. The standard InChI is InChI=1S/C21H22FN5O/c22-17-10-8-15(9-11-17)13-19-24-20(26-25-19)18-7-4-12-27(18)21(28)23-14-16-5-2-1-3-6-16/h1-3,5-6,8-11,18H,4,7,12-14H2,(H,23,28)(H,24,25,26). The van der Waals surface area contributed by atoms with Crippen molar-refractivity contribution in [3.63, 3.8) is 0 Å². The van der Waals surface area contributed by atoms with Crippen molar-refractivity contribution < 1.29 is 9.18 Å². The Hall–Kier alpha value is -3.22. The Bertz CT molecular complexity index is 925. The van der Waals surface area contributed by atoms with Crippen LogP contribution in [0.5, 0.6) is 0 Å². The highest BCUT2D eigenvalue weighted by Gasteiger charge is 2.32. The van der Waals surface area contributed by atoms with E-state index in [1.165, 1.54) is 12.1 Å². The van der Waals surface area contributed by atoms with Crippen LogP contribution in [-0.4, -0.2) is 32.7 Å². The summed E-state index contributed by atoms with van der Waals surface area (Å²) in [5.74, 6) is 1.08. The molecule has 3 aromatic rings. The van der Waals surface area contributed by atoms with Crippen molar-refractivity contribution in [2.24, 2.45) is 0 Å². The molecule has 1 saturated heterocycles. The number of carbonyl (C=O) groups excluding carboxylic acids is 1. The summed E-state index contributed by atoms with van der Waals surface area (Å²) in [6.45, 7) is 1.18. The summed E-state index contributed by atoms with van der Waals surface area (Å²) >= 11 is 0. The summed E-state index contributed by atoms with van der Waals surface area (Å²) in [6, 6.07) is 15.9. The van der Waals surface area contributed by atoms with Gasteiger partial charge in [0.2, 0.25) is 0 Å². The van der Waals surface area contributed by atoms with E-state index in [2.05, 4.69) is 20.5 Å². The summed E-state index contributed by atoms with van der Waals surface area (Å²) in [4.78, 5) is 19.0. The van der Waals surface area contributed by atoms with Crippen LogP contribution in [0, 0.1) is 5.82 Å². The van der Waals surface area contributed by atoms with Crippen LogP contribution in [0.25, 0.3) is 0 Å². The van der Waals surface area contributed by atoms with Gasteiger partial charge in [-0.05, 0) is 36.1 Å². The van der Waals surface area contributed by atoms with Crippen molar-refractivity contribution in [2.75, 3.05) is 6.54 Å². The minimum absolute atomic E-state index is 0.101. The fourth-order valence-electron chi connectivity index (χ4n) is 3.49. The van der Waals surface area contributed by atoms with E-state index in [0.717, 1.165) is 24.0 Å². The first-order chi connectivity index (χ1) is 13.7. The number of H-pyrrole nitrogens is 1. The van der Waals surface area contributed by atoms with Gasteiger partial charge in [0.05, 0.1) is 6.04 Å². The number of rotatable bonds is 5. The maximum atomic E-state index is 13.0. The minimum Gasteiger partial charge on any atom is -0.334 e. The molecule has 1 aliphatic rings. The number of urea groups is 1. The van der Waals surface area contributed by atoms with Crippen molar-refractivity contribution >= 4 is 6.03 Å². The molecule has 1 aromatic heterocycles. The molecule has 2 aromatic carbocycles. The molecule has 0 bridgehead atoms. The minimum atomic E-state index is -0.259. The van der Waals surface area contributed by atoms with Gasteiger partial charge in [-0.2, -0.15) is 5.10 Å². The highest BCUT2D eigenvalue weighted by atomic mass is 19.1. The molecule has 7 heteroatoms. The number of carbonyl (C=O) groups is 1. The fourth-order valence-corrected chi connectivity index (χ4v) is 3.49. The lowest BCUT2D eigenvalue weighted by molar-refractivity contribution is 0.190. The molecule has 4 rings (SSSR count). The van der Waals surface area contributed by atoms with E-state index >= 15 is 0 Å². The van der Waals surface area contributed by atoms with E-state index in [9.17, 15) is 9.18 Å². The number of nitrogens with one attached hydrogen (secondary N) is 2. The van der Waals surface area contributed by atoms with Gasteiger partial charge in [0.15, 0.2) is 5.82 Å². The largest absolute Gasteiger partial charge is 0.334 e. The Kier molecular flexibility index (Phi) is 5.32. The lowest BCUT2D eigenvalue weighted by atomic mass is 10.1. The summed E-state index contributed by atoms with van der Waals surface area (Å²) in [6.07, 6.45) is 2.30. The Balaban J connectivity index is 1.39. The van der Waals surface area contributed by atoms with Crippen LogP contribution in [0.15, 0.2) is 54.6 Å². The molecule has 0 spiro atoms. The molecule has 1 atom stereocenters. The molecule has 2 heterocycles. The number of benzene rings is 2. The number of likely N-dealkylation sites (tertiary alicyclic amines) is 1. The Morgan fingerprint density at radius 3 is 2.71 bits per heavy atom. The van der Waals surface area contributed by atoms with E-state index in [0.29, 0.717) is 31.2 Å². The smallest absolute Gasteiger partial charge is 0.318 e. The zero-order valence-corrected chi connectivity index (χ0v) is 15.4. The van der Waals surface area contributed by atoms with Crippen LogP contribution in [-0.2, 0) is 13.0 Å². The zero-order valence-electron chi connectivity index (χ0n) is 15.4. The second-order valence-corrected chi connectivity index (χ2v) is 6.94. The van der Waals surface area contributed by atoms with Crippen molar-refractivity contribution in [3.8, 4) is 0 Å². The number of hydrogen-bond donors (Lipinski definition) is 2. The van der Waals surface area contributed by atoms with Gasteiger partial charge in [0, 0.05) is 19.5 Å². The van der Waals surface area contributed by atoms with E-state index in [1.807, 2.05) is 30.3 Å². The number of nitrogens with zero attached hydrogens (tertiary/aromatic N) is 3. The van der Waals surface area contributed by atoms with Gasteiger partial charge in [-0.15, -0.1) is 0 Å². The first-order valence-electron chi connectivity index (χ1n) is 9.43. The third kappa shape index (κ3) is 4.19. The SMILES string of the molecule is O=C(NCc1ccccc1)N1CCCC1c1n[nH]c(Cc2ccc(F)cc2)n1. The molecule has 144 valence electrons. The first-order valence-corrected chi connectivity index (χ1v) is 9.43. The molecule has 2 amide bonds. The maximum Gasteiger partial charge on any atom is 0.318 e. The van der Waals surface area contributed by atoms with Gasteiger partial charge < -0.3 is 10.2 Å².